The van der Waals surface area contributed by atoms with Crippen molar-refractivity contribution in [3.05, 3.63) is 0 Å². The van der Waals surface area contributed by atoms with Crippen LogP contribution in [-0.2, 0) is 0 Å². The van der Waals surface area contributed by atoms with Crippen LogP contribution in [0, 0.1) is 22.7 Å². The van der Waals surface area contributed by atoms with Gasteiger partial charge in [-0.1, -0.05) is 20.8 Å². The van der Waals surface area contributed by atoms with Gasteiger partial charge in [-0.3, -0.25) is 0 Å². The summed E-state index contributed by atoms with van der Waals surface area (Å²) in [6.07, 6.45) is 7.29. The third-order valence-electron chi connectivity index (χ3n) is 6.34. The predicted octanol–water partition coefficient (Wildman–Crippen LogP) is -0.773. The quantitative estimate of drug-likeness (QED) is 0.568. The van der Waals surface area contributed by atoms with Gasteiger partial charge in [0.2, 0.25) is 0 Å². The molecule has 0 aromatic rings. The molecule has 4 saturated carbocycles. The second kappa shape index (κ2) is 3.12. The van der Waals surface area contributed by atoms with Gasteiger partial charge in [-0.05, 0) is 36.5 Å². The van der Waals surface area contributed by atoms with E-state index >= 15 is 0 Å². The Bertz CT molecular complexity index is 246. The van der Waals surface area contributed by atoms with E-state index in [4.69, 9.17) is 0 Å². The van der Waals surface area contributed by atoms with E-state index in [-0.39, 0.29) is 24.0 Å². The van der Waals surface area contributed by atoms with Gasteiger partial charge in [0.15, 0.2) is 0 Å². The van der Waals surface area contributed by atoms with E-state index in [0.717, 1.165) is 11.8 Å². The van der Waals surface area contributed by atoms with Crippen LogP contribution in [0.25, 0.3) is 0 Å². The number of hydrogen-bond donors (Lipinski definition) is 1. The Kier molecular flexibility index (Phi) is 2.53. The second-order valence-electron chi connectivity index (χ2n) is 7.25. The minimum absolute atomic E-state index is 0. The van der Waals surface area contributed by atoms with Gasteiger partial charge in [0, 0.05) is 18.3 Å². The van der Waals surface area contributed by atoms with Crippen molar-refractivity contribution >= 4 is 0 Å². The average molecular weight is 321 g/mol. The van der Waals surface area contributed by atoms with E-state index < -0.39 is 0 Å². The molecule has 2 atom stereocenters. The van der Waals surface area contributed by atoms with Crippen LogP contribution in [0.1, 0.15) is 52.9 Å². The van der Waals surface area contributed by atoms with Crippen molar-refractivity contribution in [2.24, 2.45) is 22.7 Å². The molecule has 1 nitrogen and oxygen atoms in total. The van der Waals surface area contributed by atoms with Crippen molar-refractivity contribution in [3.63, 3.8) is 0 Å². The standard InChI is InChI=1S/C13H23N.HI/c1-11(2)12(3)5-9-4-10(6-12)8-13(11,14)7-9;/h9-10H,4-8,14H2,1-3H3;1H. The van der Waals surface area contributed by atoms with Crippen LogP contribution in [-0.4, -0.2) is 5.54 Å². The molecule has 4 fully saturated rings. The first-order valence-corrected chi connectivity index (χ1v) is 6.22. The molecule has 0 aromatic carbocycles. The Morgan fingerprint density at radius 3 is 1.80 bits per heavy atom. The molecule has 0 radical (unpaired) electrons. The molecular weight excluding hydrogens is 297 g/mol. The molecule has 88 valence electrons. The summed E-state index contributed by atoms with van der Waals surface area (Å²) in [5.41, 5.74) is 6.10. The summed E-state index contributed by atoms with van der Waals surface area (Å²) in [7, 11) is 0. The highest BCUT2D eigenvalue weighted by atomic mass is 127. The lowest BCUT2D eigenvalue weighted by molar-refractivity contribution is -0.543. The number of rotatable bonds is 0. The van der Waals surface area contributed by atoms with Gasteiger partial charge in [0.25, 0.3) is 0 Å². The molecule has 3 N–H and O–H groups in total. The summed E-state index contributed by atoms with van der Waals surface area (Å²) in [5.74, 6) is 2.02. The molecular formula is C13H24IN. The van der Waals surface area contributed by atoms with Crippen LogP contribution in [0.2, 0.25) is 0 Å². The predicted molar refractivity (Wildman–Crippen MR) is 57.6 cm³/mol. The van der Waals surface area contributed by atoms with Gasteiger partial charge < -0.3 is 29.7 Å². The fourth-order valence-corrected chi connectivity index (χ4v) is 5.16. The Balaban J connectivity index is 0.000000853. The fourth-order valence-electron chi connectivity index (χ4n) is 5.16. The minimum atomic E-state index is 0. The summed E-state index contributed by atoms with van der Waals surface area (Å²) >= 11 is 0. The van der Waals surface area contributed by atoms with E-state index in [0.29, 0.717) is 16.4 Å². The van der Waals surface area contributed by atoms with Crippen LogP contribution in [0.15, 0.2) is 0 Å². The lowest BCUT2D eigenvalue weighted by atomic mass is 9.38. The molecule has 0 spiro atoms. The summed E-state index contributed by atoms with van der Waals surface area (Å²) in [4.78, 5) is 0. The van der Waals surface area contributed by atoms with Crippen LogP contribution < -0.4 is 29.7 Å². The number of halogens is 1. The normalized spacial score (nSPS) is 55.2. The van der Waals surface area contributed by atoms with Gasteiger partial charge >= 0.3 is 0 Å². The molecule has 0 amide bonds. The first-order valence-electron chi connectivity index (χ1n) is 6.22. The smallest absolute Gasteiger partial charge is 0.101 e. The Hall–Kier alpha value is 0.690. The highest BCUT2D eigenvalue weighted by Gasteiger charge is 2.67. The molecule has 0 saturated heterocycles. The van der Waals surface area contributed by atoms with Gasteiger partial charge in [0.05, 0.1) is 0 Å². The van der Waals surface area contributed by atoms with Crippen molar-refractivity contribution in [2.45, 2.75) is 58.4 Å². The van der Waals surface area contributed by atoms with E-state index in [1.807, 2.05) is 0 Å². The first kappa shape index (κ1) is 12.2. The molecule has 4 aliphatic carbocycles. The molecule has 2 heteroatoms. The molecule has 2 unspecified atom stereocenters. The maximum Gasteiger partial charge on any atom is 0.101 e. The van der Waals surface area contributed by atoms with Gasteiger partial charge in [-0.25, -0.2) is 0 Å². The van der Waals surface area contributed by atoms with Crippen LogP contribution in [0.3, 0.4) is 0 Å². The average Bonchev–Trinajstić information content (AvgIpc) is 1.98. The van der Waals surface area contributed by atoms with E-state index in [2.05, 4.69) is 26.5 Å². The van der Waals surface area contributed by atoms with Crippen molar-refractivity contribution in [3.8, 4) is 0 Å². The Morgan fingerprint density at radius 2 is 1.40 bits per heavy atom. The molecule has 0 aliphatic heterocycles. The second-order valence-corrected chi connectivity index (χ2v) is 7.25. The topological polar surface area (TPSA) is 27.6 Å². The third kappa shape index (κ3) is 1.30. The third-order valence-corrected chi connectivity index (χ3v) is 6.34. The highest BCUT2D eigenvalue weighted by molar-refractivity contribution is 5.15. The zero-order chi connectivity index (χ0) is 10.2. The van der Waals surface area contributed by atoms with E-state index in [9.17, 15) is 0 Å². The Labute approximate surface area is 111 Å². The van der Waals surface area contributed by atoms with Crippen LogP contribution in [0.5, 0.6) is 0 Å². The van der Waals surface area contributed by atoms with Crippen molar-refractivity contribution in [2.75, 3.05) is 0 Å². The highest BCUT2D eigenvalue weighted by Crippen LogP contribution is 2.68. The molecule has 4 aliphatic rings. The summed E-state index contributed by atoms with van der Waals surface area (Å²) in [6, 6.07) is 0. The van der Waals surface area contributed by atoms with Gasteiger partial charge in [0.1, 0.15) is 5.54 Å². The summed E-state index contributed by atoms with van der Waals surface area (Å²) in [5, 5.41) is 0. The maximum absolute atomic E-state index is 4.63. The Morgan fingerprint density at radius 1 is 0.933 bits per heavy atom. The minimum Gasteiger partial charge on any atom is -1.00 e. The first-order chi connectivity index (χ1) is 6.36. The van der Waals surface area contributed by atoms with Crippen molar-refractivity contribution in [1.29, 1.82) is 0 Å². The van der Waals surface area contributed by atoms with Crippen molar-refractivity contribution < 1.29 is 29.7 Å². The fraction of sp³-hybridized carbons (Fsp3) is 1.00. The lowest BCUT2D eigenvalue weighted by Gasteiger charge is -2.67. The monoisotopic (exact) mass is 321 g/mol. The SMILES string of the molecule is CC12CC3CC(C1)CC([NH3+])(C3)C2(C)C.[I-]. The molecule has 4 bridgehead atoms. The number of quaternary nitrogens is 1. The van der Waals surface area contributed by atoms with E-state index in [1.54, 1.807) is 0 Å². The van der Waals surface area contributed by atoms with Gasteiger partial charge in [-0.2, -0.15) is 0 Å². The zero-order valence-electron chi connectivity index (χ0n) is 10.3. The zero-order valence-corrected chi connectivity index (χ0v) is 12.4. The van der Waals surface area contributed by atoms with Crippen LogP contribution in [0.4, 0.5) is 0 Å². The van der Waals surface area contributed by atoms with Gasteiger partial charge in [-0.15, -0.1) is 0 Å². The van der Waals surface area contributed by atoms with Crippen molar-refractivity contribution in [1.82, 2.24) is 0 Å². The maximum atomic E-state index is 4.63. The molecule has 0 heterocycles. The lowest BCUT2D eigenvalue weighted by Crippen LogP contribution is -3.00. The largest absolute Gasteiger partial charge is 1.00 e. The summed E-state index contributed by atoms with van der Waals surface area (Å²) < 4.78 is 0. The number of hydrogen-bond acceptors (Lipinski definition) is 0. The van der Waals surface area contributed by atoms with Crippen LogP contribution >= 0.6 is 0 Å². The van der Waals surface area contributed by atoms with E-state index in [1.165, 1.54) is 32.1 Å². The molecule has 4 rings (SSSR count). The molecule has 15 heavy (non-hydrogen) atoms. The molecule has 0 aromatic heterocycles. The summed E-state index contributed by atoms with van der Waals surface area (Å²) in [6.45, 7) is 7.50.